The molecule has 6 aromatic rings. The molecule has 2 aliphatic heterocycles. The number of nitrogens with one attached hydrogen (secondary N) is 4. The molecule has 2 aromatic carbocycles. The fourth-order valence-corrected chi connectivity index (χ4v) is 10.2. The number of amides is 4. The molecule has 1 saturated heterocycles. The molecule has 4 aromatic heterocycles. The van der Waals surface area contributed by atoms with Crippen LogP contribution in [0.15, 0.2) is 55.0 Å². The second-order valence-electron chi connectivity index (χ2n) is 17.9. The largest absolute Gasteiger partial charge is 0.465 e. The summed E-state index contributed by atoms with van der Waals surface area (Å²) < 4.78 is 30.5. The lowest BCUT2D eigenvalue weighted by molar-refractivity contribution is -0.140. The van der Waals surface area contributed by atoms with E-state index in [-0.39, 0.29) is 43.4 Å². The van der Waals surface area contributed by atoms with Crippen molar-refractivity contribution in [3.05, 3.63) is 82.3 Å². The smallest absolute Gasteiger partial charge is 0.407 e. The maximum Gasteiger partial charge on any atom is 0.407 e. The van der Waals surface area contributed by atoms with Crippen LogP contribution in [-0.4, -0.2) is 101 Å². The van der Waals surface area contributed by atoms with Crippen LogP contribution in [0.1, 0.15) is 93.1 Å². The lowest BCUT2D eigenvalue weighted by Crippen LogP contribution is -2.60. The number of hydrogen-bond donors (Lipinski definition) is 5. The Kier molecular flexibility index (Phi) is 12.0. The summed E-state index contributed by atoms with van der Waals surface area (Å²) in [6.45, 7) is 8.03. The predicted molar refractivity (Wildman–Crippen MR) is 247 cm³/mol. The van der Waals surface area contributed by atoms with Gasteiger partial charge in [0.25, 0.3) is 0 Å². The highest BCUT2D eigenvalue weighted by atomic mass is 32.1. The third-order valence-corrected chi connectivity index (χ3v) is 14.4. The van der Waals surface area contributed by atoms with Crippen LogP contribution in [0.3, 0.4) is 0 Å². The quantitative estimate of drug-likeness (QED) is 0.0669. The number of aromatic nitrogens is 6. The average Bonchev–Trinajstić information content (AvgIpc) is 4.02. The van der Waals surface area contributed by atoms with Crippen molar-refractivity contribution >= 4 is 46.2 Å². The highest BCUT2D eigenvalue weighted by molar-refractivity contribution is 7.11. The summed E-state index contributed by atoms with van der Waals surface area (Å²) in [5, 5.41) is 15.7. The van der Waals surface area contributed by atoms with Crippen molar-refractivity contribution in [2.24, 2.45) is 11.8 Å². The van der Waals surface area contributed by atoms with Crippen LogP contribution in [0, 0.1) is 30.0 Å². The van der Waals surface area contributed by atoms with Crippen LogP contribution in [-0.2, 0) is 20.9 Å². The van der Waals surface area contributed by atoms with Gasteiger partial charge in [0.05, 0.1) is 70.1 Å². The Balaban J connectivity index is 1.04. The minimum atomic E-state index is -1.28. The minimum absolute atomic E-state index is 0.104. The summed E-state index contributed by atoms with van der Waals surface area (Å²) in [5.41, 5.74) is 3.00. The van der Waals surface area contributed by atoms with Crippen molar-refractivity contribution in [1.82, 2.24) is 49.9 Å². The van der Waals surface area contributed by atoms with Gasteiger partial charge in [-0.1, -0.05) is 26.8 Å². The number of carbonyl (C=O) groups is 4. The maximum absolute atomic E-state index is 16.8. The van der Waals surface area contributed by atoms with Crippen LogP contribution in [0.2, 0.25) is 0 Å². The Morgan fingerprint density at radius 1 is 1.10 bits per heavy atom. The van der Waals surface area contributed by atoms with Gasteiger partial charge < -0.3 is 45.0 Å². The van der Waals surface area contributed by atoms with Gasteiger partial charge in [0.15, 0.2) is 0 Å². The van der Waals surface area contributed by atoms with Crippen LogP contribution in [0.25, 0.3) is 44.7 Å². The van der Waals surface area contributed by atoms with Crippen LogP contribution in [0.5, 0.6) is 5.75 Å². The number of terminal acetylenes is 1. The van der Waals surface area contributed by atoms with Crippen molar-refractivity contribution in [3.8, 4) is 51.9 Å². The molecule has 4 amide bonds. The first-order valence-electron chi connectivity index (χ1n) is 22.2. The van der Waals surface area contributed by atoms with E-state index >= 15 is 4.39 Å². The Morgan fingerprint density at radius 3 is 2.61 bits per heavy atom. The SMILES string of the molecule is C#CCCN(Cc1ncc(-c2ccc3c(c2)cc2n3C(c3cnc(C4CC4C)s3)Oc3cc(-c4cnc([C@@H]5CCCN5C(=O)CNC(=O)O)[nH]4)cc(F)c3-2)[nH]1)C(=O)C(C)(NC(=O)OC)C(C)C. The second kappa shape index (κ2) is 17.9. The molecule has 3 aliphatic rings. The van der Waals surface area contributed by atoms with Crippen molar-refractivity contribution in [1.29, 1.82) is 0 Å². The first-order valence-corrected chi connectivity index (χ1v) is 23.0. The van der Waals surface area contributed by atoms with Gasteiger partial charge in [0.1, 0.15) is 35.3 Å². The number of aromatic amines is 2. The van der Waals surface area contributed by atoms with E-state index in [2.05, 4.69) is 43.4 Å². The number of alkyl carbamates (subject to hydrolysis) is 1. The molecule has 0 bridgehead atoms. The number of carbonyl (C=O) groups excluding carboxylic acids is 3. The molecule has 0 spiro atoms. The van der Waals surface area contributed by atoms with Gasteiger partial charge in [-0.15, -0.1) is 23.7 Å². The molecule has 5 N–H and O–H groups in total. The second-order valence-corrected chi connectivity index (χ2v) is 19.0. The van der Waals surface area contributed by atoms with Gasteiger partial charge in [-0.05, 0) is 68.4 Å². The molecular formula is C48H51FN10O7S. The molecule has 6 heterocycles. The number of carboxylic acid groups (broad SMARTS) is 1. The van der Waals surface area contributed by atoms with Crippen LogP contribution >= 0.6 is 11.3 Å². The van der Waals surface area contributed by atoms with Gasteiger partial charge in [-0.2, -0.15) is 0 Å². The van der Waals surface area contributed by atoms with Gasteiger partial charge in [0, 0.05) is 48.1 Å². The van der Waals surface area contributed by atoms with E-state index in [0.717, 1.165) is 39.2 Å². The number of ether oxygens (including phenoxy) is 2. The Morgan fingerprint density at radius 2 is 1.88 bits per heavy atom. The number of methoxy groups -OCH3 is 1. The summed E-state index contributed by atoms with van der Waals surface area (Å²) in [6, 6.07) is 10.8. The van der Waals surface area contributed by atoms with Crippen molar-refractivity contribution in [2.45, 2.75) is 83.6 Å². The molecule has 9 rings (SSSR count). The maximum atomic E-state index is 16.8. The van der Waals surface area contributed by atoms with Gasteiger partial charge in [0.2, 0.25) is 18.0 Å². The van der Waals surface area contributed by atoms with Gasteiger partial charge >= 0.3 is 12.2 Å². The lowest BCUT2D eigenvalue weighted by atomic mass is 9.86. The summed E-state index contributed by atoms with van der Waals surface area (Å²) in [4.78, 5) is 75.1. The van der Waals surface area contributed by atoms with E-state index in [0.29, 0.717) is 76.8 Å². The standard InChI is InChI=1S/C48H51FN10O7S/c1-7-8-13-57(45(61)48(5,25(2)3)56-47(64)65-6)24-39-50-20-32(54-39)27-11-12-34-29(16-27)18-36-41-31(49)17-28(19-37(41)66-44(59(34)36)38-22-52-43(67-38)30-15-26(30)4)33-21-51-42(55-33)35-10-9-14-58(35)40(60)23-53-46(62)63/h1,11-12,16-22,25-26,30,35,44,53H,8-10,13-15,23-24H2,2-6H3,(H,50,54)(H,51,55)(H,56,64)(H,62,63)/t26?,30?,35-,44?,48?/m0/s1. The van der Waals surface area contributed by atoms with E-state index in [1.807, 2.05) is 48.9 Å². The van der Waals surface area contributed by atoms with Crippen molar-refractivity contribution in [3.63, 3.8) is 0 Å². The molecule has 348 valence electrons. The van der Waals surface area contributed by atoms with E-state index < -0.39 is 29.8 Å². The Bertz CT molecular complexity index is 2950. The zero-order valence-corrected chi connectivity index (χ0v) is 38.5. The first-order chi connectivity index (χ1) is 32.2. The number of hydrogen-bond acceptors (Lipinski definition) is 10. The molecule has 4 unspecified atom stereocenters. The van der Waals surface area contributed by atoms with Gasteiger partial charge in [-0.3, -0.25) is 14.2 Å². The summed E-state index contributed by atoms with van der Waals surface area (Å²) >= 11 is 1.60. The number of benzene rings is 2. The van der Waals surface area contributed by atoms with Crippen molar-refractivity contribution < 1.29 is 38.1 Å². The minimum Gasteiger partial charge on any atom is -0.465 e. The highest BCUT2D eigenvalue weighted by Gasteiger charge is 2.42. The third-order valence-electron chi connectivity index (χ3n) is 13.3. The number of nitrogens with zero attached hydrogens (tertiary/aromatic N) is 6. The molecule has 17 nitrogen and oxygen atoms in total. The van der Waals surface area contributed by atoms with E-state index in [9.17, 15) is 19.2 Å². The lowest BCUT2D eigenvalue weighted by Gasteiger charge is -2.37. The van der Waals surface area contributed by atoms with E-state index in [1.54, 1.807) is 46.5 Å². The number of likely N-dealkylation sites (tertiary alicyclic amines) is 1. The molecule has 1 saturated carbocycles. The number of imidazole rings is 2. The van der Waals surface area contributed by atoms with Crippen LogP contribution in [0.4, 0.5) is 14.0 Å². The highest BCUT2D eigenvalue weighted by Crippen LogP contribution is 2.51. The summed E-state index contributed by atoms with van der Waals surface area (Å²) in [7, 11) is 1.25. The van der Waals surface area contributed by atoms with E-state index in [4.69, 9.17) is 26.0 Å². The van der Waals surface area contributed by atoms with Crippen LogP contribution < -0.4 is 15.4 Å². The molecular weight excluding hydrogens is 880 g/mol. The zero-order valence-electron chi connectivity index (χ0n) is 37.7. The number of fused-ring (bicyclic) bond motifs is 5. The predicted octanol–water partition coefficient (Wildman–Crippen LogP) is 7.80. The molecule has 19 heteroatoms. The fraction of sp³-hybridized carbons (Fsp3) is 0.396. The Labute approximate surface area is 389 Å². The third kappa shape index (κ3) is 8.57. The number of H-pyrrole nitrogens is 2. The Hall–Kier alpha value is -7.20. The number of thiazole rings is 1. The average molecular weight is 931 g/mol. The normalized spacial score (nSPS) is 19.2. The van der Waals surface area contributed by atoms with Gasteiger partial charge in [-0.25, -0.2) is 28.9 Å². The molecule has 0 radical (unpaired) electrons. The topological polar surface area (TPSA) is 213 Å². The number of halogens is 1. The first kappa shape index (κ1) is 45.0. The molecule has 1 aliphatic carbocycles. The molecule has 2 fully saturated rings. The van der Waals surface area contributed by atoms with E-state index in [1.165, 1.54) is 13.2 Å². The summed E-state index contributed by atoms with van der Waals surface area (Å²) in [5.74, 6) is 3.48. The fourth-order valence-electron chi connectivity index (χ4n) is 9.05. The summed E-state index contributed by atoms with van der Waals surface area (Å²) in [6.07, 6.45) is 10.9. The van der Waals surface area contributed by atoms with Crippen molar-refractivity contribution in [2.75, 3.05) is 26.7 Å². The molecule has 5 atom stereocenters. The molecule has 67 heavy (non-hydrogen) atoms. The zero-order chi connectivity index (χ0) is 47.3. The monoisotopic (exact) mass is 930 g/mol. The number of rotatable bonds is 14.